The van der Waals surface area contributed by atoms with E-state index in [1.807, 2.05) is 39.0 Å². The zero-order chi connectivity index (χ0) is 17.5. The topological polar surface area (TPSA) is 96.0 Å². The van der Waals surface area contributed by atoms with Gasteiger partial charge in [-0.25, -0.2) is 4.79 Å². The first-order valence-corrected chi connectivity index (χ1v) is 9.16. The number of nitrogens with zero attached hydrogens (tertiary/aromatic N) is 2. The number of amides is 3. The molecule has 0 fully saturated rings. The average Bonchev–Trinajstić information content (AvgIpc) is 2.96. The fourth-order valence-corrected chi connectivity index (χ4v) is 3.51. The second-order valence-electron chi connectivity index (χ2n) is 5.01. The van der Waals surface area contributed by atoms with Crippen LogP contribution in [0.3, 0.4) is 0 Å². The lowest BCUT2D eigenvalue weighted by atomic mass is 10.1. The largest absolute Gasteiger partial charge is 0.360 e. The van der Waals surface area contributed by atoms with E-state index in [9.17, 15) is 9.59 Å². The van der Waals surface area contributed by atoms with Crippen LogP contribution in [-0.4, -0.2) is 34.4 Å². The molecule has 0 spiro atoms. The van der Waals surface area contributed by atoms with Crippen LogP contribution in [0.5, 0.6) is 0 Å². The molecule has 7 nitrogen and oxygen atoms in total. The molecule has 0 aliphatic heterocycles. The van der Waals surface area contributed by atoms with Crippen molar-refractivity contribution in [1.82, 2.24) is 15.5 Å². The maximum absolute atomic E-state index is 11.9. The van der Waals surface area contributed by atoms with Gasteiger partial charge in [-0.15, -0.1) is 10.2 Å². The van der Waals surface area contributed by atoms with Gasteiger partial charge in [0.2, 0.25) is 11.0 Å². The van der Waals surface area contributed by atoms with Crippen LogP contribution < -0.4 is 16.0 Å². The number of hydrogen-bond donors (Lipinski definition) is 3. The summed E-state index contributed by atoms with van der Waals surface area (Å²) < 4.78 is 0.677. The van der Waals surface area contributed by atoms with Crippen LogP contribution in [0, 0.1) is 13.8 Å². The number of rotatable bonds is 6. The summed E-state index contributed by atoms with van der Waals surface area (Å²) in [6.45, 7) is 6.61. The van der Waals surface area contributed by atoms with Crippen molar-refractivity contribution in [3.05, 3.63) is 29.3 Å². The highest BCUT2D eigenvalue weighted by molar-refractivity contribution is 8.01. The fourth-order valence-electron chi connectivity index (χ4n) is 1.89. The van der Waals surface area contributed by atoms with E-state index in [1.54, 1.807) is 0 Å². The van der Waals surface area contributed by atoms with Gasteiger partial charge in [0, 0.05) is 12.2 Å². The number of carbonyl (C=O) groups excluding carboxylic acids is 2. The molecule has 128 valence electrons. The molecule has 3 amide bonds. The summed E-state index contributed by atoms with van der Waals surface area (Å²) in [5, 5.41) is 16.6. The van der Waals surface area contributed by atoms with Crippen LogP contribution in [0.25, 0.3) is 0 Å². The fraction of sp³-hybridized carbons (Fsp3) is 0.333. The molecule has 3 N–H and O–H groups in total. The van der Waals surface area contributed by atoms with Crippen molar-refractivity contribution in [3.63, 3.8) is 0 Å². The number of aryl methyl sites for hydroxylation is 2. The van der Waals surface area contributed by atoms with Crippen molar-refractivity contribution in [1.29, 1.82) is 0 Å². The van der Waals surface area contributed by atoms with Crippen LogP contribution >= 0.6 is 23.1 Å². The van der Waals surface area contributed by atoms with Crippen LogP contribution in [0.1, 0.15) is 18.1 Å². The van der Waals surface area contributed by atoms with Gasteiger partial charge in [0.1, 0.15) is 0 Å². The maximum Gasteiger partial charge on any atom is 0.325 e. The summed E-state index contributed by atoms with van der Waals surface area (Å²) in [6, 6.07) is 5.13. The summed E-state index contributed by atoms with van der Waals surface area (Å²) in [4.78, 5) is 23.7. The van der Waals surface area contributed by atoms with E-state index in [-0.39, 0.29) is 11.7 Å². The summed E-state index contributed by atoms with van der Waals surface area (Å²) in [7, 11) is 0. The Kier molecular flexibility index (Phi) is 6.56. The van der Waals surface area contributed by atoms with E-state index in [4.69, 9.17) is 0 Å². The van der Waals surface area contributed by atoms with Crippen LogP contribution in [0.4, 0.5) is 15.6 Å². The van der Waals surface area contributed by atoms with Crippen molar-refractivity contribution < 1.29 is 9.59 Å². The van der Waals surface area contributed by atoms with Gasteiger partial charge in [0.25, 0.3) is 0 Å². The predicted molar refractivity (Wildman–Crippen MR) is 97.9 cm³/mol. The van der Waals surface area contributed by atoms with E-state index in [1.165, 1.54) is 23.1 Å². The first-order chi connectivity index (χ1) is 11.5. The number of nitrogens with one attached hydrogen (secondary N) is 3. The second kappa shape index (κ2) is 8.65. The summed E-state index contributed by atoms with van der Waals surface area (Å²) in [6.07, 6.45) is 0. The standard InChI is InChI=1S/C15H19N5O2S2/c1-4-16-14-19-20-15(24-14)23-8-12(21)18-13(22)17-11-6-5-9(2)7-10(11)3/h5-7H,4,8H2,1-3H3,(H,16,19)(H2,17,18,21,22). The molecule has 1 aromatic heterocycles. The van der Waals surface area contributed by atoms with E-state index in [2.05, 4.69) is 26.1 Å². The lowest BCUT2D eigenvalue weighted by molar-refractivity contribution is -0.117. The lowest BCUT2D eigenvalue weighted by Gasteiger charge is -2.09. The SMILES string of the molecule is CCNc1nnc(SCC(=O)NC(=O)Nc2ccc(C)cc2C)s1. The Bertz CT molecular complexity index is 732. The lowest BCUT2D eigenvalue weighted by Crippen LogP contribution is -2.35. The molecule has 2 aromatic rings. The molecule has 0 saturated heterocycles. The number of aromatic nitrogens is 2. The molecule has 1 aromatic carbocycles. The molecule has 1 heterocycles. The Balaban J connectivity index is 1.79. The Morgan fingerprint density at radius 3 is 2.75 bits per heavy atom. The Morgan fingerprint density at radius 1 is 1.25 bits per heavy atom. The number of hydrogen-bond acceptors (Lipinski definition) is 7. The summed E-state index contributed by atoms with van der Waals surface area (Å²) in [5.74, 6) is -0.288. The van der Waals surface area contributed by atoms with E-state index in [0.717, 1.165) is 17.7 Å². The van der Waals surface area contributed by atoms with E-state index < -0.39 is 6.03 Å². The molecule has 24 heavy (non-hydrogen) atoms. The van der Waals surface area contributed by atoms with Gasteiger partial charge in [0.05, 0.1) is 5.75 Å². The highest BCUT2D eigenvalue weighted by Gasteiger charge is 2.11. The first kappa shape index (κ1) is 18.2. The van der Waals surface area contributed by atoms with Gasteiger partial charge in [-0.3, -0.25) is 10.1 Å². The molecule has 2 rings (SSSR count). The monoisotopic (exact) mass is 365 g/mol. The number of carbonyl (C=O) groups is 2. The molecule has 0 atom stereocenters. The average molecular weight is 365 g/mol. The molecule has 0 saturated carbocycles. The van der Waals surface area contributed by atoms with Crippen molar-refractivity contribution in [2.24, 2.45) is 0 Å². The molecule has 0 aliphatic rings. The maximum atomic E-state index is 11.9. The number of benzene rings is 1. The van der Waals surface area contributed by atoms with Gasteiger partial charge in [-0.2, -0.15) is 0 Å². The van der Waals surface area contributed by atoms with E-state index >= 15 is 0 Å². The van der Waals surface area contributed by atoms with Crippen LogP contribution in [-0.2, 0) is 4.79 Å². The third-order valence-electron chi connectivity index (χ3n) is 2.94. The highest BCUT2D eigenvalue weighted by Crippen LogP contribution is 2.25. The normalized spacial score (nSPS) is 10.3. The highest BCUT2D eigenvalue weighted by atomic mass is 32.2. The Morgan fingerprint density at radius 2 is 2.04 bits per heavy atom. The predicted octanol–water partition coefficient (Wildman–Crippen LogP) is 3.03. The molecule has 0 aliphatic carbocycles. The zero-order valence-corrected chi connectivity index (χ0v) is 15.3. The van der Waals surface area contributed by atoms with Crippen molar-refractivity contribution in [2.75, 3.05) is 22.9 Å². The second-order valence-corrected chi connectivity index (χ2v) is 7.21. The summed E-state index contributed by atoms with van der Waals surface area (Å²) in [5.41, 5.74) is 2.73. The number of anilines is 2. The van der Waals surface area contributed by atoms with Gasteiger partial charge < -0.3 is 10.6 Å². The van der Waals surface area contributed by atoms with Gasteiger partial charge in [-0.1, -0.05) is 40.8 Å². The number of thioether (sulfide) groups is 1. The van der Waals surface area contributed by atoms with E-state index in [0.29, 0.717) is 15.2 Å². The first-order valence-electron chi connectivity index (χ1n) is 7.36. The molecule has 9 heteroatoms. The third kappa shape index (κ3) is 5.50. The molecular formula is C15H19N5O2S2. The minimum absolute atomic E-state index is 0.0983. The Hall–Kier alpha value is -2.13. The van der Waals surface area contributed by atoms with Crippen LogP contribution in [0.15, 0.2) is 22.5 Å². The van der Waals surface area contributed by atoms with Crippen molar-refractivity contribution in [3.8, 4) is 0 Å². The van der Waals surface area contributed by atoms with Crippen molar-refractivity contribution >= 4 is 45.9 Å². The third-order valence-corrected chi connectivity index (χ3v) is 4.96. The smallest absolute Gasteiger partial charge is 0.325 e. The molecule has 0 bridgehead atoms. The van der Waals surface area contributed by atoms with Gasteiger partial charge in [-0.05, 0) is 32.4 Å². The number of urea groups is 1. The van der Waals surface area contributed by atoms with Crippen molar-refractivity contribution in [2.45, 2.75) is 25.1 Å². The molecule has 0 unspecified atom stereocenters. The van der Waals surface area contributed by atoms with Crippen LogP contribution in [0.2, 0.25) is 0 Å². The molecule has 0 radical (unpaired) electrons. The van der Waals surface area contributed by atoms with Gasteiger partial charge >= 0.3 is 6.03 Å². The number of imide groups is 1. The van der Waals surface area contributed by atoms with Gasteiger partial charge in [0.15, 0.2) is 4.34 Å². The minimum Gasteiger partial charge on any atom is -0.360 e. The quantitative estimate of drug-likeness (QED) is 0.681. The zero-order valence-electron chi connectivity index (χ0n) is 13.7. The molecular weight excluding hydrogens is 346 g/mol. The Labute approximate surface area is 148 Å². The minimum atomic E-state index is -0.543. The summed E-state index contributed by atoms with van der Waals surface area (Å²) >= 11 is 2.61.